The van der Waals surface area contributed by atoms with Crippen LogP contribution in [0.5, 0.6) is 0 Å². The van der Waals surface area contributed by atoms with E-state index in [0.717, 1.165) is 12.3 Å². The van der Waals surface area contributed by atoms with Crippen molar-refractivity contribution in [2.45, 2.75) is 50.5 Å². The Morgan fingerprint density at radius 2 is 1.81 bits per heavy atom. The summed E-state index contributed by atoms with van der Waals surface area (Å²) < 4.78 is 0. The standard InChI is InChI=1S/C18H29NOS/c1-14(2)21-13-15-7-9-18(10-8-15)19-11-16-5-3-4-6-17(16)12-20/h7-10,14,16-17,19-20H,3-6,11-13H2,1-2H3. The average Bonchev–Trinajstić information content (AvgIpc) is 2.52. The molecule has 118 valence electrons. The molecular formula is C18H29NOS. The second kappa shape index (κ2) is 8.70. The topological polar surface area (TPSA) is 32.3 Å². The first-order chi connectivity index (χ1) is 10.2. The lowest BCUT2D eigenvalue weighted by atomic mass is 9.79. The highest BCUT2D eigenvalue weighted by molar-refractivity contribution is 7.99. The molecule has 2 N–H and O–H groups in total. The summed E-state index contributed by atoms with van der Waals surface area (Å²) in [6.07, 6.45) is 5.04. The van der Waals surface area contributed by atoms with E-state index in [2.05, 4.69) is 43.4 Å². The second-order valence-electron chi connectivity index (χ2n) is 6.42. The van der Waals surface area contributed by atoms with Crippen molar-refractivity contribution >= 4 is 17.4 Å². The van der Waals surface area contributed by atoms with Crippen LogP contribution in [-0.2, 0) is 5.75 Å². The monoisotopic (exact) mass is 307 g/mol. The molecule has 2 nitrogen and oxygen atoms in total. The maximum atomic E-state index is 9.47. The molecule has 21 heavy (non-hydrogen) atoms. The molecule has 0 radical (unpaired) electrons. The van der Waals surface area contributed by atoms with E-state index in [0.29, 0.717) is 23.7 Å². The lowest BCUT2D eigenvalue weighted by Gasteiger charge is -2.30. The molecule has 1 fully saturated rings. The number of nitrogens with one attached hydrogen (secondary N) is 1. The predicted octanol–water partition coefficient (Wildman–Crippen LogP) is 4.54. The highest BCUT2D eigenvalue weighted by Crippen LogP contribution is 2.30. The van der Waals surface area contributed by atoms with E-state index in [1.165, 1.54) is 36.9 Å². The molecule has 3 heteroatoms. The van der Waals surface area contributed by atoms with Crippen molar-refractivity contribution in [2.24, 2.45) is 11.8 Å². The molecule has 0 heterocycles. The molecule has 0 aromatic heterocycles. The number of thioether (sulfide) groups is 1. The van der Waals surface area contributed by atoms with Crippen LogP contribution in [0, 0.1) is 11.8 Å². The number of hydrogen-bond donors (Lipinski definition) is 2. The van der Waals surface area contributed by atoms with Gasteiger partial charge in [0.1, 0.15) is 0 Å². The SMILES string of the molecule is CC(C)SCc1ccc(NCC2CCCCC2CO)cc1. The van der Waals surface area contributed by atoms with E-state index >= 15 is 0 Å². The summed E-state index contributed by atoms with van der Waals surface area (Å²) in [5, 5.41) is 13.7. The van der Waals surface area contributed by atoms with Crippen molar-refractivity contribution in [3.8, 4) is 0 Å². The van der Waals surface area contributed by atoms with Crippen LogP contribution in [0.15, 0.2) is 24.3 Å². The summed E-state index contributed by atoms with van der Waals surface area (Å²) in [5.74, 6) is 2.21. The third-order valence-corrected chi connectivity index (χ3v) is 5.57. The first-order valence-electron chi connectivity index (χ1n) is 8.24. The van der Waals surface area contributed by atoms with Crippen molar-refractivity contribution < 1.29 is 5.11 Å². The van der Waals surface area contributed by atoms with Gasteiger partial charge in [-0.05, 0) is 47.6 Å². The van der Waals surface area contributed by atoms with Crippen molar-refractivity contribution in [3.63, 3.8) is 0 Å². The van der Waals surface area contributed by atoms with Crippen molar-refractivity contribution in [1.82, 2.24) is 0 Å². The lowest BCUT2D eigenvalue weighted by molar-refractivity contribution is 0.141. The molecule has 1 aromatic rings. The summed E-state index contributed by atoms with van der Waals surface area (Å²) in [5.41, 5.74) is 2.60. The van der Waals surface area contributed by atoms with Crippen molar-refractivity contribution in [1.29, 1.82) is 0 Å². The molecule has 1 saturated carbocycles. The molecule has 0 amide bonds. The maximum absolute atomic E-state index is 9.47. The zero-order chi connectivity index (χ0) is 15.1. The average molecular weight is 308 g/mol. The van der Waals surface area contributed by atoms with E-state index in [1.807, 2.05) is 11.8 Å². The van der Waals surface area contributed by atoms with E-state index < -0.39 is 0 Å². The molecule has 2 rings (SSSR count). The van der Waals surface area contributed by atoms with Crippen molar-refractivity contribution in [2.75, 3.05) is 18.5 Å². The Labute approximate surface area is 133 Å². The molecule has 0 spiro atoms. The van der Waals surface area contributed by atoms with Gasteiger partial charge in [-0.15, -0.1) is 0 Å². The molecule has 0 bridgehead atoms. The molecule has 1 aliphatic rings. The lowest BCUT2D eigenvalue weighted by Crippen LogP contribution is -2.28. The van der Waals surface area contributed by atoms with Gasteiger partial charge >= 0.3 is 0 Å². The van der Waals surface area contributed by atoms with Gasteiger partial charge in [0, 0.05) is 24.6 Å². The largest absolute Gasteiger partial charge is 0.396 e. The number of anilines is 1. The summed E-state index contributed by atoms with van der Waals surface area (Å²) in [6.45, 7) is 5.81. The minimum Gasteiger partial charge on any atom is -0.396 e. The van der Waals surface area contributed by atoms with Crippen LogP contribution in [0.1, 0.15) is 45.1 Å². The quantitative estimate of drug-likeness (QED) is 0.775. The Morgan fingerprint density at radius 3 is 2.43 bits per heavy atom. The highest BCUT2D eigenvalue weighted by Gasteiger charge is 2.23. The summed E-state index contributed by atoms with van der Waals surface area (Å²) in [7, 11) is 0. The third-order valence-electron chi connectivity index (χ3n) is 4.41. The number of benzene rings is 1. The summed E-state index contributed by atoms with van der Waals surface area (Å²) >= 11 is 1.98. The Balaban J connectivity index is 1.80. The van der Waals surface area contributed by atoms with Crippen LogP contribution in [-0.4, -0.2) is 23.5 Å². The molecule has 0 saturated heterocycles. The van der Waals surface area contributed by atoms with Gasteiger partial charge in [0.2, 0.25) is 0 Å². The fourth-order valence-corrected chi connectivity index (χ4v) is 3.74. The van der Waals surface area contributed by atoms with E-state index in [9.17, 15) is 5.11 Å². The summed E-state index contributed by atoms with van der Waals surface area (Å²) in [4.78, 5) is 0. The Hall–Kier alpha value is -0.670. The Bertz CT molecular complexity index is 404. The van der Waals surface area contributed by atoms with E-state index in [1.54, 1.807) is 0 Å². The smallest absolute Gasteiger partial charge is 0.0462 e. The van der Waals surface area contributed by atoms with Gasteiger partial charge in [0.15, 0.2) is 0 Å². The van der Waals surface area contributed by atoms with Crippen molar-refractivity contribution in [3.05, 3.63) is 29.8 Å². The van der Waals surface area contributed by atoms with Crippen LogP contribution < -0.4 is 5.32 Å². The summed E-state index contributed by atoms with van der Waals surface area (Å²) in [6, 6.07) is 8.82. The van der Waals surface area contributed by atoms with Gasteiger partial charge in [-0.3, -0.25) is 0 Å². The van der Waals surface area contributed by atoms with Gasteiger partial charge in [0.05, 0.1) is 0 Å². The minimum atomic E-state index is 0.345. The molecule has 1 aromatic carbocycles. The Kier molecular flexibility index (Phi) is 6.91. The molecular weight excluding hydrogens is 278 g/mol. The minimum absolute atomic E-state index is 0.345. The Morgan fingerprint density at radius 1 is 1.14 bits per heavy atom. The zero-order valence-electron chi connectivity index (χ0n) is 13.3. The molecule has 0 aliphatic heterocycles. The van der Waals surface area contributed by atoms with Crippen LogP contribution in [0.3, 0.4) is 0 Å². The van der Waals surface area contributed by atoms with Gasteiger partial charge < -0.3 is 10.4 Å². The normalized spacial score (nSPS) is 22.5. The maximum Gasteiger partial charge on any atom is 0.0462 e. The van der Waals surface area contributed by atoms with Gasteiger partial charge in [-0.1, -0.05) is 38.8 Å². The van der Waals surface area contributed by atoms with Gasteiger partial charge in [-0.25, -0.2) is 0 Å². The third kappa shape index (κ3) is 5.55. The molecule has 2 unspecified atom stereocenters. The number of rotatable bonds is 7. The number of aliphatic hydroxyl groups is 1. The predicted molar refractivity (Wildman–Crippen MR) is 93.9 cm³/mol. The fraction of sp³-hybridized carbons (Fsp3) is 0.667. The molecule has 1 aliphatic carbocycles. The van der Waals surface area contributed by atoms with E-state index in [4.69, 9.17) is 0 Å². The number of hydrogen-bond acceptors (Lipinski definition) is 3. The van der Waals surface area contributed by atoms with E-state index in [-0.39, 0.29) is 0 Å². The first-order valence-corrected chi connectivity index (χ1v) is 9.29. The van der Waals surface area contributed by atoms with Crippen LogP contribution in [0.2, 0.25) is 0 Å². The molecule has 2 atom stereocenters. The van der Waals surface area contributed by atoms with Gasteiger partial charge in [0.25, 0.3) is 0 Å². The van der Waals surface area contributed by atoms with Crippen LogP contribution >= 0.6 is 11.8 Å². The van der Waals surface area contributed by atoms with Crippen LogP contribution in [0.4, 0.5) is 5.69 Å². The fourth-order valence-electron chi connectivity index (χ4n) is 3.02. The highest BCUT2D eigenvalue weighted by atomic mass is 32.2. The van der Waals surface area contributed by atoms with Crippen LogP contribution in [0.25, 0.3) is 0 Å². The first kappa shape index (κ1) is 16.7. The number of aliphatic hydroxyl groups excluding tert-OH is 1. The van der Waals surface area contributed by atoms with Gasteiger partial charge in [-0.2, -0.15) is 11.8 Å². The zero-order valence-corrected chi connectivity index (χ0v) is 14.2. The second-order valence-corrected chi connectivity index (χ2v) is 7.99.